The molecular weight excluding hydrogens is 315 g/mol. The predicted octanol–water partition coefficient (Wildman–Crippen LogP) is 4.38. The van der Waals surface area contributed by atoms with E-state index in [1.807, 2.05) is 0 Å². The molecule has 0 spiro atoms. The van der Waals surface area contributed by atoms with Crippen molar-refractivity contribution in [2.24, 2.45) is 0 Å². The van der Waals surface area contributed by atoms with Crippen LogP contribution < -0.4 is 0 Å². The smallest absolute Gasteiger partial charge is 0.129 e. The van der Waals surface area contributed by atoms with Crippen molar-refractivity contribution >= 4 is 38.9 Å². The largest absolute Gasteiger partial charge is 0.383 e. The van der Waals surface area contributed by atoms with Crippen molar-refractivity contribution in [2.75, 3.05) is 0 Å². The maximum absolute atomic E-state index is 13.4. The standard InChI is InChI=1S/C11H7BrClFOS/c12-7-5-9(16-11(7)13)10(15)6-3-1-2-4-8(6)14/h1-5,10,15H. The molecule has 0 amide bonds. The van der Waals surface area contributed by atoms with E-state index in [9.17, 15) is 9.50 Å². The minimum Gasteiger partial charge on any atom is -0.383 e. The normalized spacial score (nSPS) is 12.8. The zero-order valence-corrected chi connectivity index (χ0v) is 11.1. The van der Waals surface area contributed by atoms with E-state index in [1.165, 1.54) is 17.4 Å². The minimum absolute atomic E-state index is 0.257. The van der Waals surface area contributed by atoms with Gasteiger partial charge in [0.1, 0.15) is 16.3 Å². The van der Waals surface area contributed by atoms with Crippen molar-refractivity contribution in [1.29, 1.82) is 0 Å². The second kappa shape index (κ2) is 4.84. The molecule has 0 aliphatic rings. The van der Waals surface area contributed by atoms with Crippen LogP contribution in [0.15, 0.2) is 34.8 Å². The number of hydrogen-bond donors (Lipinski definition) is 1. The Balaban J connectivity index is 2.39. The van der Waals surface area contributed by atoms with Crippen LogP contribution in [0.5, 0.6) is 0 Å². The number of halogens is 3. The Hall–Kier alpha value is -0.420. The Morgan fingerprint density at radius 2 is 2.06 bits per heavy atom. The zero-order valence-electron chi connectivity index (χ0n) is 7.95. The van der Waals surface area contributed by atoms with E-state index in [2.05, 4.69) is 15.9 Å². The highest BCUT2D eigenvalue weighted by molar-refractivity contribution is 9.10. The van der Waals surface area contributed by atoms with Gasteiger partial charge >= 0.3 is 0 Å². The predicted molar refractivity (Wildman–Crippen MR) is 67.5 cm³/mol. The summed E-state index contributed by atoms with van der Waals surface area (Å²) in [5, 5.41) is 10.0. The van der Waals surface area contributed by atoms with E-state index in [0.717, 1.165) is 0 Å². The summed E-state index contributed by atoms with van der Waals surface area (Å²) < 4.78 is 14.7. The quantitative estimate of drug-likeness (QED) is 0.870. The fourth-order valence-corrected chi connectivity index (χ4v) is 3.09. The van der Waals surface area contributed by atoms with Gasteiger partial charge in [-0.1, -0.05) is 29.8 Å². The lowest BCUT2D eigenvalue weighted by Crippen LogP contribution is -1.99. The second-order valence-corrected chi connectivity index (χ2v) is 5.73. The number of rotatable bonds is 2. The lowest BCUT2D eigenvalue weighted by molar-refractivity contribution is 0.218. The van der Waals surface area contributed by atoms with Crippen LogP contribution in [0, 0.1) is 5.82 Å². The molecule has 1 heterocycles. The molecule has 2 aromatic rings. The first-order valence-electron chi connectivity index (χ1n) is 4.47. The number of aliphatic hydroxyl groups is 1. The molecule has 2 rings (SSSR count). The van der Waals surface area contributed by atoms with Crippen LogP contribution in [0.4, 0.5) is 4.39 Å². The fourth-order valence-electron chi connectivity index (χ4n) is 1.35. The molecule has 0 saturated heterocycles. The van der Waals surface area contributed by atoms with Gasteiger partial charge in [0.25, 0.3) is 0 Å². The Morgan fingerprint density at radius 3 is 2.62 bits per heavy atom. The lowest BCUT2D eigenvalue weighted by Gasteiger charge is -2.09. The maximum atomic E-state index is 13.4. The summed E-state index contributed by atoms with van der Waals surface area (Å²) in [4.78, 5) is 0.613. The Kier molecular flexibility index (Phi) is 3.64. The molecule has 0 aliphatic carbocycles. The highest BCUT2D eigenvalue weighted by Crippen LogP contribution is 2.37. The van der Waals surface area contributed by atoms with Crippen LogP contribution in [0.2, 0.25) is 4.34 Å². The third-order valence-electron chi connectivity index (χ3n) is 2.13. The van der Waals surface area contributed by atoms with Crippen LogP contribution >= 0.6 is 38.9 Å². The van der Waals surface area contributed by atoms with Crippen molar-refractivity contribution in [3.63, 3.8) is 0 Å². The molecule has 1 aromatic carbocycles. The molecule has 84 valence electrons. The van der Waals surface area contributed by atoms with Crippen LogP contribution in [0.3, 0.4) is 0 Å². The topological polar surface area (TPSA) is 20.2 Å². The molecule has 5 heteroatoms. The average Bonchev–Trinajstić information content (AvgIpc) is 2.59. The summed E-state index contributed by atoms with van der Waals surface area (Å²) >= 11 is 10.3. The van der Waals surface area contributed by atoms with Crippen LogP contribution in [0.1, 0.15) is 16.5 Å². The van der Waals surface area contributed by atoms with Gasteiger partial charge in [0, 0.05) is 14.9 Å². The van der Waals surface area contributed by atoms with E-state index in [0.29, 0.717) is 13.7 Å². The Labute approximate surface area is 110 Å². The molecule has 0 aliphatic heterocycles. The van der Waals surface area contributed by atoms with E-state index in [1.54, 1.807) is 24.3 Å². The maximum Gasteiger partial charge on any atom is 0.129 e. The third kappa shape index (κ3) is 2.30. The van der Waals surface area contributed by atoms with Gasteiger partial charge in [-0.05, 0) is 28.1 Å². The van der Waals surface area contributed by atoms with Crippen molar-refractivity contribution in [1.82, 2.24) is 0 Å². The van der Waals surface area contributed by atoms with E-state index in [4.69, 9.17) is 11.6 Å². The van der Waals surface area contributed by atoms with Crippen molar-refractivity contribution in [3.05, 3.63) is 55.4 Å². The van der Waals surface area contributed by atoms with Crippen molar-refractivity contribution in [2.45, 2.75) is 6.10 Å². The summed E-state index contributed by atoms with van der Waals surface area (Å²) in [5.41, 5.74) is 0.257. The molecule has 1 nitrogen and oxygen atoms in total. The molecule has 1 atom stereocenters. The molecule has 16 heavy (non-hydrogen) atoms. The van der Waals surface area contributed by atoms with Crippen LogP contribution in [-0.4, -0.2) is 5.11 Å². The summed E-state index contributed by atoms with van der Waals surface area (Å²) in [6.45, 7) is 0. The van der Waals surface area contributed by atoms with Gasteiger partial charge in [0.05, 0.1) is 0 Å². The van der Waals surface area contributed by atoms with Gasteiger partial charge in [0.15, 0.2) is 0 Å². The van der Waals surface area contributed by atoms with Gasteiger partial charge < -0.3 is 5.11 Å². The zero-order chi connectivity index (χ0) is 11.7. The summed E-state index contributed by atoms with van der Waals surface area (Å²) in [5.74, 6) is -0.421. The van der Waals surface area contributed by atoms with E-state index >= 15 is 0 Å². The lowest BCUT2D eigenvalue weighted by atomic mass is 10.1. The average molecular weight is 322 g/mol. The van der Waals surface area contributed by atoms with E-state index < -0.39 is 11.9 Å². The van der Waals surface area contributed by atoms with Crippen molar-refractivity contribution < 1.29 is 9.50 Å². The SMILES string of the molecule is OC(c1cc(Br)c(Cl)s1)c1ccccc1F. The molecular formula is C11H7BrClFOS. The minimum atomic E-state index is -0.977. The van der Waals surface area contributed by atoms with Gasteiger partial charge in [-0.3, -0.25) is 0 Å². The fraction of sp³-hybridized carbons (Fsp3) is 0.0909. The summed E-state index contributed by atoms with van der Waals surface area (Å²) in [7, 11) is 0. The highest BCUT2D eigenvalue weighted by Gasteiger charge is 2.17. The first kappa shape index (κ1) is 12.0. The molecule has 1 aromatic heterocycles. The highest BCUT2D eigenvalue weighted by atomic mass is 79.9. The Bertz CT molecular complexity index is 495. The molecule has 1 unspecified atom stereocenters. The second-order valence-electron chi connectivity index (χ2n) is 3.19. The number of aliphatic hydroxyl groups excluding tert-OH is 1. The number of hydrogen-bond acceptors (Lipinski definition) is 2. The number of benzene rings is 1. The van der Waals surface area contributed by atoms with Crippen LogP contribution in [0.25, 0.3) is 0 Å². The summed E-state index contributed by atoms with van der Waals surface area (Å²) in [6, 6.07) is 7.85. The monoisotopic (exact) mass is 320 g/mol. The molecule has 0 bridgehead atoms. The first-order valence-corrected chi connectivity index (χ1v) is 6.45. The molecule has 0 saturated carbocycles. The first-order chi connectivity index (χ1) is 7.59. The van der Waals surface area contributed by atoms with E-state index in [-0.39, 0.29) is 5.56 Å². The van der Waals surface area contributed by atoms with Crippen LogP contribution in [-0.2, 0) is 0 Å². The Morgan fingerprint density at radius 1 is 1.38 bits per heavy atom. The number of thiophene rings is 1. The van der Waals surface area contributed by atoms with Gasteiger partial charge in [-0.2, -0.15) is 0 Å². The van der Waals surface area contributed by atoms with Crippen molar-refractivity contribution in [3.8, 4) is 0 Å². The van der Waals surface area contributed by atoms with Gasteiger partial charge in [-0.25, -0.2) is 4.39 Å². The van der Waals surface area contributed by atoms with Gasteiger partial charge in [-0.15, -0.1) is 11.3 Å². The van der Waals surface area contributed by atoms with Gasteiger partial charge in [0.2, 0.25) is 0 Å². The molecule has 1 N–H and O–H groups in total. The summed E-state index contributed by atoms with van der Waals surface area (Å²) in [6.07, 6.45) is -0.977. The third-order valence-corrected chi connectivity index (χ3v) is 4.66. The molecule has 0 radical (unpaired) electrons. The molecule has 0 fully saturated rings.